The van der Waals surface area contributed by atoms with Gasteiger partial charge in [0.05, 0.1) is 6.54 Å². The number of carbonyl (C=O) groups excluding carboxylic acids is 1. The van der Waals surface area contributed by atoms with Gasteiger partial charge in [-0.2, -0.15) is 0 Å². The van der Waals surface area contributed by atoms with Crippen molar-refractivity contribution in [2.24, 2.45) is 0 Å². The predicted molar refractivity (Wildman–Crippen MR) is 124 cm³/mol. The zero-order chi connectivity index (χ0) is 22.7. The number of carbonyl (C=O) groups is 2. The minimum Gasteiger partial charge on any atom is -0.489 e. The number of carboxylic acid groups (broad SMARTS) is 1. The number of hydrogen-bond donors (Lipinski definition) is 1. The molecule has 0 aromatic heterocycles. The molecule has 164 valence electrons. The first-order valence-electron chi connectivity index (χ1n) is 10.9. The van der Waals surface area contributed by atoms with Gasteiger partial charge in [0, 0.05) is 18.2 Å². The Bertz CT molecular complexity index is 1150. The molecule has 0 spiro atoms. The molecule has 1 aliphatic carbocycles. The molecular formula is C27H27NO4. The first-order chi connectivity index (χ1) is 15.4. The number of ether oxygens (including phenoxy) is 1. The lowest BCUT2D eigenvalue weighted by molar-refractivity contribution is -0.134. The largest absolute Gasteiger partial charge is 0.489 e. The summed E-state index contributed by atoms with van der Waals surface area (Å²) in [4.78, 5) is 23.8. The van der Waals surface area contributed by atoms with Gasteiger partial charge < -0.3 is 14.7 Å². The van der Waals surface area contributed by atoms with Gasteiger partial charge >= 0.3 is 0 Å². The topological polar surface area (TPSA) is 66.8 Å². The molecule has 0 saturated carbocycles. The average molecular weight is 430 g/mol. The van der Waals surface area contributed by atoms with E-state index in [2.05, 4.69) is 31.2 Å². The maximum absolute atomic E-state index is 12.9. The summed E-state index contributed by atoms with van der Waals surface area (Å²) in [7, 11) is 0. The second kappa shape index (κ2) is 9.27. The zero-order valence-corrected chi connectivity index (χ0v) is 18.4. The summed E-state index contributed by atoms with van der Waals surface area (Å²) in [6.07, 6.45) is 3.56. The molecule has 1 amide bonds. The molecule has 0 atom stereocenters. The molecular weight excluding hydrogens is 402 g/mol. The molecule has 3 aromatic rings. The molecule has 0 saturated heterocycles. The van der Waals surface area contributed by atoms with Gasteiger partial charge in [0.25, 0.3) is 11.9 Å². The number of benzene rings is 3. The van der Waals surface area contributed by atoms with Crippen LogP contribution in [0.3, 0.4) is 0 Å². The Morgan fingerprint density at radius 2 is 1.75 bits per heavy atom. The summed E-state index contributed by atoms with van der Waals surface area (Å²) in [5.74, 6) is 0.149. The van der Waals surface area contributed by atoms with Gasteiger partial charge in [0.1, 0.15) is 12.4 Å². The van der Waals surface area contributed by atoms with Crippen LogP contribution in [0.1, 0.15) is 51.5 Å². The van der Waals surface area contributed by atoms with Crippen molar-refractivity contribution in [1.29, 1.82) is 0 Å². The maximum atomic E-state index is 12.9. The van der Waals surface area contributed by atoms with Crippen LogP contribution in [0.25, 0.3) is 0 Å². The third kappa shape index (κ3) is 4.67. The maximum Gasteiger partial charge on any atom is 0.300 e. The van der Waals surface area contributed by atoms with E-state index in [1.54, 1.807) is 0 Å². The number of hydrogen-bond acceptors (Lipinski definition) is 3. The van der Waals surface area contributed by atoms with Crippen LogP contribution in [0.5, 0.6) is 5.75 Å². The molecule has 0 radical (unpaired) electrons. The normalized spacial score (nSPS) is 13.8. The minimum atomic E-state index is -0.833. The fraction of sp³-hybridized carbons (Fsp3) is 0.259. The van der Waals surface area contributed by atoms with Gasteiger partial charge in [-0.15, -0.1) is 0 Å². The summed E-state index contributed by atoms with van der Waals surface area (Å²) in [5, 5.41) is 7.42. The molecule has 32 heavy (non-hydrogen) atoms. The van der Waals surface area contributed by atoms with Crippen molar-refractivity contribution in [3.63, 3.8) is 0 Å². The van der Waals surface area contributed by atoms with Gasteiger partial charge in [0.15, 0.2) is 0 Å². The number of aryl methyl sites for hydroxylation is 3. The molecule has 1 N–H and O–H groups in total. The fourth-order valence-electron chi connectivity index (χ4n) is 4.26. The molecule has 5 nitrogen and oxygen atoms in total. The molecule has 0 fully saturated rings. The predicted octanol–water partition coefficient (Wildman–Crippen LogP) is 5.31. The second-order valence-electron chi connectivity index (χ2n) is 8.26. The second-order valence-corrected chi connectivity index (χ2v) is 8.26. The van der Waals surface area contributed by atoms with Crippen LogP contribution in [-0.2, 0) is 30.8 Å². The highest BCUT2D eigenvalue weighted by Gasteiger charge is 2.30. The third-order valence-electron chi connectivity index (χ3n) is 5.87. The van der Waals surface area contributed by atoms with Crippen LogP contribution >= 0.6 is 0 Å². The van der Waals surface area contributed by atoms with Crippen LogP contribution in [0.4, 0.5) is 5.69 Å². The fourth-order valence-corrected chi connectivity index (χ4v) is 4.26. The lowest BCUT2D eigenvalue weighted by Crippen LogP contribution is -2.22. The number of rotatable bonds is 4. The summed E-state index contributed by atoms with van der Waals surface area (Å²) in [6.45, 7) is 4.22. The van der Waals surface area contributed by atoms with E-state index in [0.29, 0.717) is 13.2 Å². The van der Waals surface area contributed by atoms with E-state index in [1.807, 2.05) is 41.3 Å². The smallest absolute Gasteiger partial charge is 0.300 e. The lowest BCUT2D eigenvalue weighted by Gasteiger charge is -2.16. The van der Waals surface area contributed by atoms with Crippen LogP contribution in [0, 0.1) is 6.92 Å². The number of carboxylic acids is 1. The van der Waals surface area contributed by atoms with Gasteiger partial charge in [-0.25, -0.2) is 0 Å². The van der Waals surface area contributed by atoms with Crippen molar-refractivity contribution >= 4 is 17.6 Å². The number of nitrogens with zero attached hydrogens (tertiary/aromatic N) is 1. The van der Waals surface area contributed by atoms with Gasteiger partial charge in [-0.05, 0) is 78.8 Å². The molecule has 0 bridgehead atoms. The highest BCUT2D eigenvalue weighted by atomic mass is 16.5. The Labute approximate surface area is 188 Å². The Balaban J connectivity index is 0.000000567. The number of fused-ring (bicyclic) bond motifs is 2. The molecule has 5 heteroatoms. The van der Waals surface area contributed by atoms with Gasteiger partial charge in [0.2, 0.25) is 0 Å². The summed E-state index contributed by atoms with van der Waals surface area (Å²) >= 11 is 0. The number of anilines is 1. The van der Waals surface area contributed by atoms with Gasteiger partial charge in [-0.1, -0.05) is 35.9 Å². The zero-order valence-electron chi connectivity index (χ0n) is 18.4. The first kappa shape index (κ1) is 21.6. The third-order valence-corrected chi connectivity index (χ3v) is 5.87. The minimum absolute atomic E-state index is 0.0678. The number of amides is 1. The van der Waals surface area contributed by atoms with Crippen molar-refractivity contribution in [2.75, 3.05) is 4.90 Å². The van der Waals surface area contributed by atoms with E-state index in [1.165, 1.54) is 29.5 Å². The van der Waals surface area contributed by atoms with E-state index in [0.717, 1.165) is 41.5 Å². The van der Waals surface area contributed by atoms with E-state index in [-0.39, 0.29) is 5.91 Å². The monoisotopic (exact) mass is 429 g/mol. The Morgan fingerprint density at radius 3 is 2.50 bits per heavy atom. The van der Waals surface area contributed by atoms with Crippen molar-refractivity contribution in [2.45, 2.75) is 46.3 Å². The van der Waals surface area contributed by atoms with Gasteiger partial charge in [-0.3, -0.25) is 9.59 Å². The van der Waals surface area contributed by atoms with E-state index < -0.39 is 5.97 Å². The highest BCUT2D eigenvalue weighted by Crippen LogP contribution is 2.32. The molecule has 1 aliphatic heterocycles. The van der Waals surface area contributed by atoms with Crippen LogP contribution < -0.4 is 9.64 Å². The Morgan fingerprint density at radius 1 is 1.03 bits per heavy atom. The molecule has 1 heterocycles. The van der Waals surface area contributed by atoms with Crippen LogP contribution in [0.2, 0.25) is 0 Å². The molecule has 5 rings (SSSR count). The SMILES string of the molecule is CC(=O)O.Cc1ccc(N2Cc3c(COc4ccc5c(c4)CCC5)cccc3C2=O)cc1. The first-order valence-corrected chi connectivity index (χ1v) is 10.9. The van der Waals surface area contributed by atoms with E-state index >= 15 is 0 Å². The Hall–Kier alpha value is -3.60. The van der Waals surface area contributed by atoms with Crippen molar-refractivity contribution in [3.8, 4) is 5.75 Å². The van der Waals surface area contributed by atoms with Crippen molar-refractivity contribution < 1.29 is 19.4 Å². The van der Waals surface area contributed by atoms with E-state index in [9.17, 15) is 4.79 Å². The van der Waals surface area contributed by atoms with Crippen LogP contribution in [0.15, 0.2) is 60.7 Å². The summed E-state index contributed by atoms with van der Waals surface area (Å²) in [5.41, 5.74) is 7.95. The molecule has 3 aromatic carbocycles. The average Bonchev–Trinajstić information content (AvgIpc) is 3.37. The highest BCUT2D eigenvalue weighted by molar-refractivity contribution is 6.10. The summed E-state index contributed by atoms with van der Waals surface area (Å²) < 4.78 is 6.10. The quantitative estimate of drug-likeness (QED) is 0.610. The lowest BCUT2D eigenvalue weighted by atomic mass is 10.0. The van der Waals surface area contributed by atoms with Crippen molar-refractivity contribution in [1.82, 2.24) is 0 Å². The molecule has 2 aliphatic rings. The van der Waals surface area contributed by atoms with E-state index in [4.69, 9.17) is 14.6 Å². The standard InChI is InChI=1S/C25H23NO2.C2H4O2/c1-17-8-11-21(12-9-17)26-15-24-20(6-3-7-23(24)25(26)27)16-28-22-13-10-18-4-2-5-19(18)14-22;1-2(3)4/h3,6-14H,2,4-5,15-16H2,1H3;1H3,(H,3,4). The number of aliphatic carboxylic acids is 1. The summed E-state index contributed by atoms with van der Waals surface area (Å²) in [6, 6.07) is 20.5. The Kier molecular flexibility index (Phi) is 6.26. The molecule has 0 unspecified atom stereocenters. The van der Waals surface area contributed by atoms with Crippen LogP contribution in [-0.4, -0.2) is 17.0 Å². The van der Waals surface area contributed by atoms with Crippen molar-refractivity contribution in [3.05, 3.63) is 94.0 Å².